The lowest BCUT2D eigenvalue weighted by molar-refractivity contribution is 0.0696. The number of nitrogens with one attached hydrogen (secondary N) is 1. The zero-order valence-corrected chi connectivity index (χ0v) is 36.3. The lowest BCUT2D eigenvalue weighted by atomic mass is 9.94. The van der Waals surface area contributed by atoms with E-state index in [4.69, 9.17) is 24.9 Å². The lowest BCUT2D eigenvalue weighted by Gasteiger charge is -2.22. The van der Waals surface area contributed by atoms with Crippen molar-refractivity contribution in [2.75, 3.05) is 13.1 Å². The molecule has 15 heteroatoms. The normalized spacial score (nSPS) is 11.2. The number of aromatic nitrogens is 6. The van der Waals surface area contributed by atoms with Crippen molar-refractivity contribution in [2.45, 2.75) is 52.4 Å². The zero-order valence-electron chi connectivity index (χ0n) is 34.6. The maximum absolute atomic E-state index is 12.7. The number of benzene rings is 4. The number of thiazole rings is 2. The smallest absolute Gasteiger partial charge is 0.335 e. The van der Waals surface area contributed by atoms with Gasteiger partial charge in [0.2, 0.25) is 23.4 Å². The number of carbonyl (C=O) groups excluding carboxylic acids is 1. The molecule has 312 valence electrons. The summed E-state index contributed by atoms with van der Waals surface area (Å²) in [5.74, 6) is 0.682. The first-order valence-electron chi connectivity index (χ1n) is 19.3. The van der Waals surface area contributed by atoms with E-state index in [2.05, 4.69) is 81.2 Å². The molecule has 61 heavy (non-hydrogen) atoms. The molecule has 0 aliphatic carbocycles. The summed E-state index contributed by atoms with van der Waals surface area (Å²) in [6, 6.07) is 33.9. The van der Waals surface area contributed by atoms with Crippen LogP contribution in [-0.4, -0.2) is 60.3 Å². The molecular formula is C46H46N8O5S2. The van der Waals surface area contributed by atoms with Crippen molar-refractivity contribution in [1.82, 2.24) is 35.6 Å². The molecule has 4 aromatic carbocycles. The van der Waals surface area contributed by atoms with Crippen molar-refractivity contribution in [1.29, 1.82) is 0 Å². The van der Waals surface area contributed by atoms with Crippen LogP contribution < -0.4 is 11.1 Å². The van der Waals surface area contributed by atoms with E-state index in [1.165, 1.54) is 12.1 Å². The maximum Gasteiger partial charge on any atom is 0.335 e. The minimum Gasteiger partial charge on any atom is -0.478 e. The SMILES string of the molecule is CC(C)(CN)c1nc(-c2ccccc2)cs1.Cc1nc(-c2cccc(C(=O)NCC(C)(C)c3nc(-c4ccccc4)cs3)c2)no1.Cc1nc(-c2cccc(C(=O)O)c2)no1. The van der Waals surface area contributed by atoms with Crippen molar-refractivity contribution < 1.29 is 23.7 Å². The van der Waals surface area contributed by atoms with Crippen molar-refractivity contribution in [3.8, 4) is 45.3 Å². The lowest BCUT2D eigenvalue weighted by Crippen LogP contribution is -2.36. The quantitative estimate of drug-likeness (QED) is 0.112. The van der Waals surface area contributed by atoms with Crippen molar-refractivity contribution in [2.24, 2.45) is 5.73 Å². The monoisotopic (exact) mass is 854 g/mol. The Balaban J connectivity index is 0.000000169. The van der Waals surface area contributed by atoms with Gasteiger partial charge < -0.3 is 25.2 Å². The number of carboxylic acid groups (broad SMARTS) is 1. The van der Waals surface area contributed by atoms with Gasteiger partial charge in [-0.1, -0.05) is 123 Å². The molecule has 4 heterocycles. The predicted octanol–water partition coefficient (Wildman–Crippen LogP) is 9.67. The van der Waals surface area contributed by atoms with Crippen LogP contribution in [0.2, 0.25) is 0 Å². The van der Waals surface area contributed by atoms with Crippen molar-refractivity contribution in [3.63, 3.8) is 0 Å². The fraction of sp³-hybridized carbons (Fsp3) is 0.217. The van der Waals surface area contributed by atoms with Gasteiger partial charge in [0.15, 0.2) is 0 Å². The first-order valence-corrected chi connectivity index (χ1v) is 21.0. The third-order valence-corrected chi connectivity index (χ3v) is 11.7. The largest absolute Gasteiger partial charge is 0.478 e. The standard InChI is InChI=1S/C23H22N4O2S.C13H16N2S.C10H8N2O3/c1-15-25-20(27-29-15)17-10-7-11-18(12-17)21(28)24-14-23(2,3)22-26-19(13-30-22)16-8-5-4-6-9-16;1-13(2,9-14)12-15-11(8-16-12)10-6-4-3-5-7-10;1-6-11-9(12-15-6)7-3-2-4-8(5-7)10(13)14/h4-13H,14H2,1-3H3,(H,24,28);3-8H,9,14H2,1-2H3;2-5H,1H3,(H,13,14). The number of carboxylic acids is 1. The number of aromatic carboxylic acids is 1. The Hall–Kier alpha value is -6.68. The van der Waals surface area contributed by atoms with Crippen LogP contribution in [0.15, 0.2) is 129 Å². The molecule has 0 saturated carbocycles. The van der Waals surface area contributed by atoms with Gasteiger partial charge >= 0.3 is 5.97 Å². The Labute approximate surface area is 361 Å². The molecular weight excluding hydrogens is 809 g/mol. The highest BCUT2D eigenvalue weighted by molar-refractivity contribution is 7.10. The molecule has 0 unspecified atom stereocenters. The van der Waals surface area contributed by atoms with Gasteiger partial charge in [-0.2, -0.15) is 9.97 Å². The molecule has 0 radical (unpaired) electrons. The molecule has 0 saturated heterocycles. The fourth-order valence-corrected chi connectivity index (χ4v) is 7.56. The summed E-state index contributed by atoms with van der Waals surface area (Å²) in [4.78, 5) is 41.2. The second-order valence-electron chi connectivity index (χ2n) is 15.2. The molecule has 13 nitrogen and oxygen atoms in total. The van der Waals surface area contributed by atoms with Gasteiger partial charge in [-0.05, 0) is 24.3 Å². The highest BCUT2D eigenvalue weighted by Gasteiger charge is 2.26. The summed E-state index contributed by atoms with van der Waals surface area (Å²) >= 11 is 3.30. The molecule has 1 amide bonds. The Morgan fingerprint density at radius 2 is 1.07 bits per heavy atom. The highest BCUT2D eigenvalue weighted by atomic mass is 32.1. The molecule has 0 bridgehead atoms. The summed E-state index contributed by atoms with van der Waals surface area (Å²) < 4.78 is 9.84. The molecule has 0 aliphatic rings. The van der Waals surface area contributed by atoms with Gasteiger partial charge in [-0.25, -0.2) is 14.8 Å². The van der Waals surface area contributed by atoms with Gasteiger partial charge in [0.05, 0.1) is 17.0 Å². The van der Waals surface area contributed by atoms with Gasteiger partial charge in [0, 0.05) is 76.3 Å². The Kier molecular flexibility index (Phi) is 14.1. The van der Waals surface area contributed by atoms with Crippen molar-refractivity contribution >= 4 is 34.6 Å². The number of aryl methyl sites for hydroxylation is 2. The molecule has 0 fully saturated rings. The van der Waals surface area contributed by atoms with Gasteiger partial charge in [0.25, 0.3) is 5.91 Å². The van der Waals surface area contributed by atoms with Gasteiger partial charge in [-0.3, -0.25) is 4.79 Å². The van der Waals surface area contributed by atoms with Crippen LogP contribution in [0.4, 0.5) is 0 Å². The molecule has 4 N–H and O–H groups in total. The summed E-state index contributed by atoms with van der Waals surface area (Å²) in [6.07, 6.45) is 0. The van der Waals surface area contributed by atoms with E-state index in [9.17, 15) is 9.59 Å². The third-order valence-electron chi connectivity index (χ3n) is 9.31. The van der Waals surface area contributed by atoms with Gasteiger partial charge in [-0.15, -0.1) is 22.7 Å². The number of amides is 1. The minimum atomic E-state index is -0.975. The Morgan fingerprint density at radius 3 is 1.51 bits per heavy atom. The van der Waals surface area contributed by atoms with E-state index >= 15 is 0 Å². The number of nitrogens with two attached hydrogens (primary N) is 1. The summed E-state index contributed by atoms with van der Waals surface area (Å²) in [5, 5.41) is 25.7. The Bertz CT molecular complexity index is 2690. The van der Waals surface area contributed by atoms with E-state index in [-0.39, 0.29) is 22.3 Å². The second kappa shape index (κ2) is 19.6. The predicted molar refractivity (Wildman–Crippen MR) is 238 cm³/mol. The summed E-state index contributed by atoms with van der Waals surface area (Å²) in [5.41, 5.74) is 11.8. The van der Waals surface area contributed by atoms with Crippen LogP contribution in [0.25, 0.3) is 45.3 Å². The summed E-state index contributed by atoms with van der Waals surface area (Å²) in [7, 11) is 0. The average Bonchev–Trinajstić information content (AvgIpc) is 4.13. The third kappa shape index (κ3) is 11.5. The highest BCUT2D eigenvalue weighted by Crippen LogP contribution is 2.31. The Morgan fingerprint density at radius 1 is 0.623 bits per heavy atom. The number of hydrogen-bond donors (Lipinski definition) is 3. The van der Waals surface area contributed by atoms with E-state index < -0.39 is 5.97 Å². The van der Waals surface area contributed by atoms with E-state index in [0.717, 1.165) is 38.1 Å². The summed E-state index contributed by atoms with van der Waals surface area (Å²) in [6.45, 7) is 12.9. The van der Waals surface area contributed by atoms with Crippen LogP contribution in [0.5, 0.6) is 0 Å². The van der Waals surface area contributed by atoms with E-state index in [1.54, 1.807) is 60.8 Å². The molecule has 0 spiro atoms. The molecule has 4 aromatic heterocycles. The fourth-order valence-electron chi connectivity index (χ4n) is 5.64. The van der Waals surface area contributed by atoms with E-state index in [1.807, 2.05) is 60.7 Å². The molecule has 0 atom stereocenters. The first kappa shape index (κ1) is 43.9. The van der Waals surface area contributed by atoms with E-state index in [0.29, 0.717) is 47.6 Å². The zero-order chi connectivity index (χ0) is 43.6. The van der Waals surface area contributed by atoms with Crippen LogP contribution in [0, 0.1) is 13.8 Å². The minimum absolute atomic E-state index is 0.0301. The van der Waals surface area contributed by atoms with Crippen LogP contribution in [-0.2, 0) is 10.8 Å². The molecule has 8 aromatic rings. The average molecular weight is 855 g/mol. The number of carbonyl (C=O) groups is 2. The van der Waals surface area contributed by atoms with Gasteiger partial charge in [0.1, 0.15) is 10.0 Å². The second-order valence-corrected chi connectivity index (χ2v) is 16.9. The number of hydrogen-bond acceptors (Lipinski definition) is 13. The maximum atomic E-state index is 12.7. The molecule has 0 aliphatic heterocycles. The van der Waals surface area contributed by atoms with Crippen LogP contribution >= 0.6 is 22.7 Å². The molecule has 8 rings (SSSR count). The first-order chi connectivity index (χ1) is 29.2. The van der Waals surface area contributed by atoms with Crippen LogP contribution in [0.1, 0.15) is 70.2 Å². The number of nitrogens with zero attached hydrogens (tertiary/aromatic N) is 6. The topological polar surface area (TPSA) is 196 Å². The van der Waals surface area contributed by atoms with Crippen LogP contribution in [0.3, 0.4) is 0 Å². The number of rotatable bonds is 11. The van der Waals surface area contributed by atoms with Crippen molar-refractivity contribution in [3.05, 3.63) is 153 Å².